The molecule has 2 aromatic heterocycles. The van der Waals surface area contributed by atoms with Crippen molar-refractivity contribution in [2.75, 3.05) is 43.9 Å². The highest BCUT2D eigenvalue weighted by Crippen LogP contribution is 2.29. The second-order valence-electron chi connectivity index (χ2n) is 7.97. The summed E-state index contributed by atoms with van der Waals surface area (Å²) in [5, 5.41) is 4.56. The van der Waals surface area contributed by atoms with Gasteiger partial charge in [0, 0.05) is 55.6 Å². The summed E-state index contributed by atoms with van der Waals surface area (Å²) >= 11 is 0. The van der Waals surface area contributed by atoms with Crippen molar-refractivity contribution in [2.45, 2.75) is 6.42 Å². The topological polar surface area (TPSA) is 62.7 Å². The van der Waals surface area contributed by atoms with Crippen LogP contribution in [0.15, 0.2) is 67.0 Å². The van der Waals surface area contributed by atoms with E-state index in [0.717, 1.165) is 54.9 Å². The first-order chi connectivity index (χ1) is 14.7. The number of hydrogen-bond acceptors (Lipinski definition) is 5. The lowest BCUT2D eigenvalue weighted by molar-refractivity contribution is 0.313. The van der Waals surface area contributed by atoms with Gasteiger partial charge in [0.2, 0.25) is 0 Å². The number of rotatable bonds is 4. The summed E-state index contributed by atoms with van der Waals surface area (Å²) in [5.41, 5.74) is 12.8. The Hall–Kier alpha value is -3.38. The number of hydrogen-bond donors (Lipinski definition) is 1. The fourth-order valence-electron chi connectivity index (χ4n) is 4.07. The molecule has 1 aliphatic rings. The SMILES string of the molecule is CN1CCN(c2cccc(-c3cnn4c(N)c(Cc5ccccc5)cnc34)c2)CC1. The predicted octanol–water partition coefficient (Wildman–Crippen LogP) is 3.32. The molecule has 0 atom stereocenters. The molecular formula is C24H26N6. The molecule has 1 fully saturated rings. The molecule has 1 saturated heterocycles. The van der Waals surface area contributed by atoms with Crippen LogP contribution in [0.4, 0.5) is 11.5 Å². The summed E-state index contributed by atoms with van der Waals surface area (Å²) in [4.78, 5) is 9.53. The second-order valence-corrected chi connectivity index (χ2v) is 7.97. The third-order valence-corrected chi connectivity index (χ3v) is 5.91. The second kappa shape index (κ2) is 7.80. The highest BCUT2D eigenvalue weighted by atomic mass is 15.3. The molecule has 0 unspecified atom stereocenters. The molecule has 152 valence electrons. The highest BCUT2D eigenvalue weighted by molar-refractivity contribution is 5.80. The van der Waals surface area contributed by atoms with E-state index in [1.807, 2.05) is 30.6 Å². The molecule has 6 nitrogen and oxygen atoms in total. The lowest BCUT2D eigenvalue weighted by Gasteiger charge is -2.34. The number of nitrogens with two attached hydrogens (primary N) is 1. The minimum Gasteiger partial charge on any atom is -0.383 e. The van der Waals surface area contributed by atoms with Crippen molar-refractivity contribution in [3.63, 3.8) is 0 Å². The summed E-state index contributed by atoms with van der Waals surface area (Å²) in [7, 11) is 2.18. The fraction of sp³-hybridized carbons (Fsp3) is 0.250. The molecular weight excluding hydrogens is 372 g/mol. The van der Waals surface area contributed by atoms with Gasteiger partial charge in [0.1, 0.15) is 5.82 Å². The van der Waals surface area contributed by atoms with Crippen LogP contribution in [0.5, 0.6) is 0 Å². The maximum Gasteiger partial charge on any atom is 0.165 e. The summed E-state index contributed by atoms with van der Waals surface area (Å²) in [6.07, 6.45) is 4.49. The predicted molar refractivity (Wildman–Crippen MR) is 122 cm³/mol. The van der Waals surface area contributed by atoms with Gasteiger partial charge in [0.25, 0.3) is 0 Å². The number of anilines is 2. The first kappa shape index (κ1) is 18.6. The van der Waals surface area contributed by atoms with Gasteiger partial charge in [-0.1, -0.05) is 42.5 Å². The van der Waals surface area contributed by atoms with Crippen molar-refractivity contribution in [3.8, 4) is 11.1 Å². The van der Waals surface area contributed by atoms with Crippen LogP contribution in [0.1, 0.15) is 11.1 Å². The summed E-state index contributed by atoms with van der Waals surface area (Å²) in [6, 6.07) is 18.9. The average molecular weight is 399 g/mol. The quantitative estimate of drug-likeness (QED) is 0.571. The molecule has 0 amide bonds. The zero-order valence-electron chi connectivity index (χ0n) is 17.2. The number of benzene rings is 2. The Bertz CT molecular complexity index is 1160. The maximum absolute atomic E-state index is 6.47. The van der Waals surface area contributed by atoms with Crippen LogP contribution in [0.2, 0.25) is 0 Å². The van der Waals surface area contributed by atoms with E-state index in [4.69, 9.17) is 10.7 Å². The minimum absolute atomic E-state index is 0.644. The van der Waals surface area contributed by atoms with Crippen molar-refractivity contribution in [3.05, 3.63) is 78.1 Å². The molecule has 30 heavy (non-hydrogen) atoms. The number of fused-ring (bicyclic) bond motifs is 1. The van der Waals surface area contributed by atoms with E-state index in [9.17, 15) is 0 Å². The maximum atomic E-state index is 6.47. The van der Waals surface area contributed by atoms with Gasteiger partial charge >= 0.3 is 0 Å². The van der Waals surface area contributed by atoms with Crippen LogP contribution in [0.3, 0.4) is 0 Å². The van der Waals surface area contributed by atoms with Crippen molar-refractivity contribution in [1.29, 1.82) is 0 Å². The third-order valence-electron chi connectivity index (χ3n) is 5.91. The Morgan fingerprint density at radius 1 is 0.933 bits per heavy atom. The van der Waals surface area contributed by atoms with Gasteiger partial charge in [0.05, 0.1) is 6.20 Å². The number of likely N-dealkylation sites (N-methyl/N-ethyl adjacent to an activating group) is 1. The Morgan fingerprint density at radius 2 is 1.73 bits per heavy atom. The lowest BCUT2D eigenvalue weighted by Crippen LogP contribution is -2.44. The van der Waals surface area contributed by atoms with E-state index in [1.54, 1.807) is 4.52 Å². The molecule has 0 saturated carbocycles. The Kier molecular flexibility index (Phi) is 4.85. The fourth-order valence-corrected chi connectivity index (χ4v) is 4.07. The van der Waals surface area contributed by atoms with Crippen LogP contribution < -0.4 is 10.6 Å². The van der Waals surface area contributed by atoms with Crippen molar-refractivity contribution < 1.29 is 0 Å². The van der Waals surface area contributed by atoms with Crippen molar-refractivity contribution in [1.82, 2.24) is 19.5 Å². The summed E-state index contributed by atoms with van der Waals surface area (Å²) < 4.78 is 1.76. The summed E-state index contributed by atoms with van der Waals surface area (Å²) in [6.45, 7) is 4.26. The molecule has 1 aliphatic heterocycles. The van der Waals surface area contributed by atoms with Crippen LogP contribution in [0.25, 0.3) is 16.8 Å². The molecule has 6 heteroatoms. The normalized spacial score (nSPS) is 15.0. The third kappa shape index (κ3) is 3.50. The molecule has 2 aromatic carbocycles. The van der Waals surface area contributed by atoms with Crippen LogP contribution in [-0.4, -0.2) is 52.7 Å². The molecule has 4 aromatic rings. The first-order valence-electron chi connectivity index (χ1n) is 10.4. The van der Waals surface area contributed by atoms with Gasteiger partial charge in [-0.2, -0.15) is 9.61 Å². The van der Waals surface area contributed by atoms with Gasteiger partial charge < -0.3 is 15.5 Å². The molecule has 0 bridgehead atoms. The smallest absolute Gasteiger partial charge is 0.165 e. The highest BCUT2D eigenvalue weighted by Gasteiger charge is 2.17. The monoisotopic (exact) mass is 398 g/mol. The molecule has 0 aliphatic carbocycles. The van der Waals surface area contributed by atoms with E-state index in [-0.39, 0.29) is 0 Å². The Labute approximate surface area is 176 Å². The minimum atomic E-state index is 0.644. The molecule has 0 spiro atoms. The first-order valence-corrected chi connectivity index (χ1v) is 10.4. The van der Waals surface area contributed by atoms with Gasteiger partial charge in [-0.25, -0.2) is 4.98 Å². The molecule has 0 radical (unpaired) electrons. The Morgan fingerprint density at radius 3 is 2.53 bits per heavy atom. The van der Waals surface area contributed by atoms with Gasteiger partial charge in [-0.3, -0.25) is 0 Å². The van der Waals surface area contributed by atoms with Crippen LogP contribution >= 0.6 is 0 Å². The zero-order chi connectivity index (χ0) is 20.5. The van der Waals surface area contributed by atoms with E-state index in [0.29, 0.717) is 5.82 Å². The summed E-state index contributed by atoms with van der Waals surface area (Å²) in [5.74, 6) is 0.644. The number of nitrogen functional groups attached to an aromatic ring is 1. The number of nitrogens with zero attached hydrogens (tertiary/aromatic N) is 5. The zero-order valence-corrected chi connectivity index (χ0v) is 17.2. The standard InChI is InChI=1S/C24H26N6/c1-28-10-12-29(13-11-28)21-9-5-8-19(15-21)22-17-27-30-23(25)20(16-26-24(22)30)14-18-6-3-2-4-7-18/h2-9,15-17H,10-14,25H2,1H3. The molecule has 5 rings (SSSR count). The number of piperazine rings is 1. The van der Waals surface area contributed by atoms with E-state index >= 15 is 0 Å². The van der Waals surface area contributed by atoms with E-state index < -0.39 is 0 Å². The lowest BCUT2D eigenvalue weighted by atomic mass is 10.1. The van der Waals surface area contributed by atoms with Crippen LogP contribution in [-0.2, 0) is 6.42 Å². The largest absolute Gasteiger partial charge is 0.383 e. The number of aromatic nitrogens is 3. The van der Waals surface area contributed by atoms with Gasteiger partial charge in [-0.05, 0) is 30.3 Å². The van der Waals surface area contributed by atoms with E-state index in [1.165, 1.54) is 11.3 Å². The molecule has 3 heterocycles. The Balaban J connectivity index is 1.47. The van der Waals surface area contributed by atoms with Gasteiger partial charge in [0.15, 0.2) is 5.65 Å². The molecule has 2 N–H and O–H groups in total. The van der Waals surface area contributed by atoms with Crippen molar-refractivity contribution >= 4 is 17.2 Å². The van der Waals surface area contributed by atoms with Crippen molar-refractivity contribution in [2.24, 2.45) is 0 Å². The van der Waals surface area contributed by atoms with E-state index in [2.05, 4.69) is 58.3 Å². The van der Waals surface area contributed by atoms with Gasteiger partial charge in [-0.15, -0.1) is 0 Å². The van der Waals surface area contributed by atoms with Crippen LogP contribution in [0, 0.1) is 0 Å². The average Bonchev–Trinajstić information content (AvgIpc) is 3.22.